The number of rotatable bonds is 6. The Kier molecular flexibility index (Phi) is 5.49. The lowest BCUT2D eigenvalue weighted by Crippen LogP contribution is -2.38. The topological polar surface area (TPSA) is 43.7 Å². The molecule has 1 fully saturated rings. The van der Waals surface area contributed by atoms with Crippen LogP contribution in [0.3, 0.4) is 0 Å². The zero-order valence-corrected chi connectivity index (χ0v) is 16.0. The fourth-order valence-corrected chi connectivity index (χ4v) is 3.77. The number of aromatic hydroxyl groups is 1. The number of halogens is 2. The number of phenolic OH excluding ortho intramolecular Hbond substituents is 1. The highest BCUT2D eigenvalue weighted by Crippen LogP contribution is 2.41. The molecule has 0 aromatic heterocycles. The van der Waals surface area contributed by atoms with Crippen LogP contribution in [0.4, 0.5) is 14.5 Å². The van der Waals surface area contributed by atoms with Crippen molar-refractivity contribution < 1.29 is 19.0 Å². The molecule has 1 saturated heterocycles. The van der Waals surface area contributed by atoms with Crippen LogP contribution >= 0.6 is 0 Å². The van der Waals surface area contributed by atoms with Crippen molar-refractivity contribution in [1.29, 1.82) is 0 Å². The number of anilines is 1. The Morgan fingerprint density at radius 3 is 2.07 bits per heavy atom. The molecule has 5 heteroatoms. The summed E-state index contributed by atoms with van der Waals surface area (Å²) >= 11 is 0. The maximum absolute atomic E-state index is 13.4. The van der Waals surface area contributed by atoms with Gasteiger partial charge in [0.25, 0.3) is 0 Å². The molecule has 29 heavy (non-hydrogen) atoms. The summed E-state index contributed by atoms with van der Waals surface area (Å²) in [5.74, 6) is -0.449. The SMILES string of the molecule is Oc1ccc(-c2ccc(F)cc2)c(N2CCC2)c1CC[C@H](O)c1ccc(F)cc1. The van der Waals surface area contributed by atoms with Crippen molar-refractivity contribution in [3.8, 4) is 16.9 Å². The summed E-state index contributed by atoms with van der Waals surface area (Å²) in [5.41, 5.74) is 4.18. The molecule has 0 radical (unpaired) electrons. The van der Waals surface area contributed by atoms with Crippen LogP contribution in [-0.2, 0) is 6.42 Å². The number of aliphatic hydroxyl groups excluding tert-OH is 1. The van der Waals surface area contributed by atoms with E-state index in [4.69, 9.17) is 0 Å². The number of aliphatic hydroxyl groups is 1. The van der Waals surface area contributed by atoms with Crippen molar-refractivity contribution in [3.05, 3.63) is 83.4 Å². The van der Waals surface area contributed by atoms with Crippen LogP contribution in [0.5, 0.6) is 5.75 Å². The van der Waals surface area contributed by atoms with Gasteiger partial charge < -0.3 is 15.1 Å². The standard InChI is InChI=1S/C24H23F2NO2/c25-18-6-2-16(3-7-18)20-10-13-23(29)21(24(20)27-14-1-15-27)11-12-22(28)17-4-8-19(26)9-5-17/h2-10,13,22,28-29H,1,11-12,14-15H2/t22-/m0/s1. The molecule has 0 amide bonds. The van der Waals surface area contributed by atoms with Gasteiger partial charge in [0.05, 0.1) is 11.8 Å². The summed E-state index contributed by atoms with van der Waals surface area (Å²) in [5, 5.41) is 21.1. The molecular formula is C24H23F2NO2. The lowest BCUT2D eigenvalue weighted by atomic mass is 9.92. The molecule has 4 rings (SSSR count). The van der Waals surface area contributed by atoms with Gasteiger partial charge in [-0.2, -0.15) is 0 Å². The minimum Gasteiger partial charge on any atom is -0.508 e. The maximum Gasteiger partial charge on any atom is 0.123 e. The Balaban J connectivity index is 1.65. The molecule has 2 N–H and O–H groups in total. The first-order valence-corrected chi connectivity index (χ1v) is 9.82. The lowest BCUT2D eigenvalue weighted by molar-refractivity contribution is 0.167. The number of benzene rings is 3. The van der Waals surface area contributed by atoms with E-state index in [0.717, 1.165) is 41.9 Å². The van der Waals surface area contributed by atoms with E-state index in [9.17, 15) is 19.0 Å². The molecular weight excluding hydrogens is 372 g/mol. The molecule has 0 unspecified atom stereocenters. The van der Waals surface area contributed by atoms with Crippen LogP contribution < -0.4 is 4.90 Å². The summed E-state index contributed by atoms with van der Waals surface area (Å²) in [6.07, 6.45) is 1.18. The summed E-state index contributed by atoms with van der Waals surface area (Å²) in [6.45, 7) is 1.79. The van der Waals surface area contributed by atoms with Crippen molar-refractivity contribution >= 4 is 5.69 Å². The first-order valence-electron chi connectivity index (χ1n) is 9.82. The van der Waals surface area contributed by atoms with Crippen molar-refractivity contribution in [1.82, 2.24) is 0 Å². The third-order valence-corrected chi connectivity index (χ3v) is 5.51. The number of hydrogen-bond donors (Lipinski definition) is 2. The Bertz CT molecular complexity index is 983. The van der Waals surface area contributed by atoms with Gasteiger partial charge in [0.15, 0.2) is 0 Å². The van der Waals surface area contributed by atoms with Crippen LogP contribution in [-0.4, -0.2) is 23.3 Å². The normalized spacial score (nSPS) is 14.5. The van der Waals surface area contributed by atoms with Gasteiger partial charge in [0, 0.05) is 24.2 Å². The minimum absolute atomic E-state index is 0.184. The van der Waals surface area contributed by atoms with Gasteiger partial charge in [-0.15, -0.1) is 0 Å². The molecule has 1 atom stereocenters. The predicted octanol–water partition coefficient (Wildman–Crippen LogP) is 5.21. The Morgan fingerprint density at radius 1 is 0.862 bits per heavy atom. The molecule has 0 bridgehead atoms. The number of phenols is 1. The molecule has 0 spiro atoms. The summed E-state index contributed by atoms with van der Waals surface area (Å²) < 4.78 is 26.5. The predicted molar refractivity (Wildman–Crippen MR) is 110 cm³/mol. The van der Waals surface area contributed by atoms with Crippen LogP contribution in [0.15, 0.2) is 60.7 Å². The second-order valence-corrected chi connectivity index (χ2v) is 7.41. The van der Waals surface area contributed by atoms with E-state index in [-0.39, 0.29) is 17.4 Å². The van der Waals surface area contributed by atoms with E-state index < -0.39 is 6.10 Å². The van der Waals surface area contributed by atoms with Gasteiger partial charge in [0.1, 0.15) is 17.4 Å². The zero-order chi connectivity index (χ0) is 20.4. The third kappa shape index (κ3) is 4.10. The third-order valence-electron chi connectivity index (χ3n) is 5.51. The second-order valence-electron chi connectivity index (χ2n) is 7.41. The van der Waals surface area contributed by atoms with Crippen molar-refractivity contribution in [2.24, 2.45) is 0 Å². The van der Waals surface area contributed by atoms with Gasteiger partial charge in [-0.25, -0.2) is 8.78 Å². The number of nitrogens with zero attached hydrogens (tertiary/aromatic N) is 1. The summed E-state index contributed by atoms with van der Waals surface area (Å²) in [6, 6.07) is 15.7. The molecule has 150 valence electrons. The van der Waals surface area contributed by atoms with E-state index in [1.54, 1.807) is 30.3 Å². The van der Waals surface area contributed by atoms with Crippen LogP contribution in [0.25, 0.3) is 11.1 Å². The van der Waals surface area contributed by atoms with Crippen molar-refractivity contribution in [2.45, 2.75) is 25.4 Å². The average Bonchev–Trinajstić information content (AvgIpc) is 2.67. The molecule has 0 saturated carbocycles. The zero-order valence-electron chi connectivity index (χ0n) is 16.0. The minimum atomic E-state index is -0.756. The highest BCUT2D eigenvalue weighted by atomic mass is 19.1. The Hall–Kier alpha value is -2.92. The van der Waals surface area contributed by atoms with E-state index in [1.807, 2.05) is 6.07 Å². The van der Waals surface area contributed by atoms with Crippen LogP contribution in [0, 0.1) is 11.6 Å². The van der Waals surface area contributed by atoms with Gasteiger partial charge in [-0.3, -0.25) is 0 Å². The molecule has 3 aromatic carbocycles. The lowest BCUT2D eigenvalue weighted by Gasteiger charge is -2.37. The Morgan fingerprint density at radius 2 is 1.48 bits per heavy atom. The van der Waals surface area contributed by atoms with E-state index in [1.165, 1.54) is 24.3 Å². The van der Waals surface area contributed by atoms with Gasteiger partial charge in [-0.1, -0.05) is 24.3 Å². The summed E-state index contributed by atoms with van der Waals surface area (Å²) in [7, 11) is 0. The molecule has 3 nitrogen and oxygen atoms in total. The largest absolute Gasteiger partial charge is 0.508 e. The van der Waals surface area contributed by atoms with Crippen LogP contribution in [0.2, 0.25) is 0 Å². The van der Waals surface area contributed by atoms with Gasteiger partial charge >= 0.3 is 0 Å². The van der Waals surface area contributed by atoms with Crippen molar-refractivity contribution in [3.63, 3.8) is 0 Å². The first kappa shape index (κ1) is 19.4. The second kappa shape index (κ2) is 8.21. The Labute approximate surface area is 168 Å². The molecule has 1 aliphatic rings. The van der Waals surface area contributed by atoms with Gasteiger partial charge in [-0.05, 0) is 66.8 Å². The summed E-state index contributed by atoms with van der Waals surface area (Å²) in [4.78, 5) is 2.21. The van der Waals surface area contributed by atoms with E-state index in [2.05, 4.69) is 4.90 Å². The van der Waals surface area contributed by atoms with E-state index in [0.29, 0.717) is 18.4 Å². The average molecular weight is 395 g/mol. The first-order chi connectivity index (χ1) is 14.0. The highest BCUT2D eigenvalue weighted by Gasteiger charge is 2.24. The quantitative estimate of drug-likeness (QED) is 0.602. The molecule has 3 aromatic rings. The van der Waals surface area contributed by atoms with Crippen LogP contribution in [0.1, 0.15) is 30.1 Å². The number of hydrogen-bond acceptors (Lipinski definition) is 3. The fourth-order valence-electron chi connectivity index (χ4n) is 3.77. The molecule has 1 heterocycles. The fraction of sp³-hybridized carbons (Fsp3) is 0.250. The smallest absolute Gasteiger partial charge is 0.123 e. The molecule has 1 aliphatic heterocycles. The maximum atomic E-state index is 13.4. The monoisotopic (exact) mass is 395 g/mol. The highest BCUT2D eigenvalue weighted by molar-refractivity contribution is 5.83. The molecule has 0 aliphatic carbocycles. The van der Waals surface area contributed by atoms with Crippen molar-refractivity contribution in [2.75, 3.05) is 18.0 Å². The van der Waals surface area contributed by atoms with E-state index >= 15 is 0 Å². The van der Waals surface area contributed by atoms with Gasteiger partial charge in [0.2, 0.25) is 0 Å².